The summed E-state index contributed by atoms with van der Waals surface area (Å²) >= 11 is 0. The lowest BCUT2D eigenvalue weighted by Crippen LogP contribution is -2.14. The number of nitrogens with zero attached hydrogens (tertiary/aromatic N) is 3. The molecule has 22 heavy (non-hydrogen) atoms. The number of pyridine rings is 1. The first-order chi connectivity index (χ1) is 10.6. The molecule has 2 aromatic heterocycles. The number of amides is 1. The third kappa shape index (κ3) is 2.39. The molecule has 3 aromatic rings. The fourth-order valence-corrected chi connectivity index (χ4v) is 2.27. The lowest BCUT2D eigenvalue weighted by Gasteiger charge is -2.08. The van der Waals surface area contributed by atoms with E-state index in [-0.39, 0.29) is 17.2 Å². The highest BCUT2D eigenvalue weighted by Gasteiger charge is 2.18. The Hall–Kier alpha value is -3.22. The molecule has 0 unspecified atom stereocenters. The van der Waals surface area contributed by atoms with E-state index in [1.54, 1.807) is 42.0 Å². The van der Waals surface area contributed by atoms with Gasteiger partial charge in [0, 0.05) is 35.3 Å². The van der Waals surface area contributed by atoms with Crippen LogP contribution in [0.1, 0.15) is 15.9 Å². The van der Waals surface area contributed by atoms with Crippen LogP contribution < -0.4 is 5.32 Å². The van der Waals surface area contributed by atoms with Crippen molar-refractivity contribution in [2.45, 2.75) is 6.92 Å². The summed E-state index contributed by atoms with van der Waals surface area (Å²) in [5.74, 6) is -0.384. The van der Waals surface area contributed by atoms with Crippen molar-refractivity contribution in [1.29, 1.82) is 0 Å². The van der Waals surface area contributed by atoms with Gasteiger partial charge in [-0.1, -0.05) is 6.07 Å². The molecular weight excluding hydrogens is 284 g/mol. The van der Waals surface area contributed by atoms with Crippen LogP contribution in [0.3, 0.4) is 0 Å². The summed E-state index contributed by atoms with van der Waals surface area (Å²) in [5, 5.41) is 17.8. The van der Waals surface area contributed by atoms with Gasteiger partial charge in [-0.2, -0.15) is 5.10 Å². The van der Waals surface area contributed by atoms with Gasteiger partial charge in [0.15, 0.2) is 0 Å². The number of rotatable bonds is 3. The maximum Gasteiger partial charge on any atom is 0.273 e. The Labute approximate surface area is 125 Å². The molecule has 0 bridgehead atoms. The Morgan fingerprint density at radius 1 is 1.32 bits per heavy atom. The summed E-state index contributed by atoms with van der Waals surface area (Å²) in [5.41, 5.74) is 1.99. The Morgan fingerprint density at radius 3 is 2.91 bits per heavy atom. The minimum Gasteiger partial charge on any atom is -0.322 e. The van der Waals surface area contributed by atoms with Crippen molar-refractivity contribution >= 4 is 22.8 Å². The molecule has 0 atom stereocenters. The topological polar surface area (TPSA) is 89.5 Å². The highest BCUT2D eigenvalue weighted by molar-refractivity contribution is 6.06. The van der Waals surface area contributed by atoms with Crippen molar-refractivity contribution in [2.24, 2.45) is 0 Å². The Bertz CT molecular complexity index is 885. The molecular formula is C15H12N4O3. The van der Waals surface area contributed by atoms with Gasteiger partial charge in [0.2, 0.25) is 0 Å². The zero-order valence-corrected chi connectivity index (χ0v) is 11.7. The van der Waals surface area contributed by atoms with Crippen LogP contribution in [0.15, 0.2) is 48.8 Å². The van der Waals surface area contributed by atoms with E-state index in [0.717, 1.165) is 5.52 Å². The number of carbonyl (C=O) groups excluding carboxylic acids is 1. The molecule has 0 saturated heterocycles. The standard InChI is InChI=1S/C15H12N4O3/c1-10-13(3-2-4-14(10)19(21)22)15(20)17-11-6-8-18-12(9-11)5-7-16-18/h2-9H,1H3,(H,17,20). The number of fused-ring (bicyclic) bond motifs is 1. The molecule has 0 aliphatic carbocycles. The van der Waals surface area contributed by atoms with Gasteiger partial charge in [-0.05, 0) is 31.2 Å². The third-order valence-electron chi connectivity index (χ3n) is 3.40. The van der Waals surface area contributed by atoms with E-state index < -0.39 is 4.92 Å². The molecule has 0 spiro atoms. The quantitative estimate of drug-likeness (QED) is 0.594. The second-order valence-corrected chi connectivity index (χ2v) is 4.78. The number of hydrogen-bond acceptors (Lipinski definition) is 4. The first-order valence-electron chi connectivity index (χ1n) is 6.55. The first kappa shape index (κ1) is 13.7. The summed E-state index contributed by atoms with van der Waals surface area (Å²) in [6.45, 7) is 1.56. The second kappa shape index (κ2) is 5.28. The summed E-state index contributed by atoms with van der Waals surface area (Å²) in [6, 6.07) is 9.75. The van der Waals surface area contributed by atoms with E-state index in [9.17, 15) is 14.9 Å². The number of nitro benzene ring substituents is 1. The maximum absolute atomic E-state index is 12.3. The zero-order valence-electron chi connectivity index (χ0n) is 11.7. The predicted octanol–water partition coefficient (Wildman–Crippen LogP) is 2.80. The predicted molar refractivity (Wildman–Crippen MR) is 81.0 cm³/mol. The third-order valence-corrected chi connectivity index (χ3v) is 3.40. The van der Waals surface area contributed by atoms with Gasteiger partial charge in [-0.25, -0.2) is 4.52 Å². The van der Waals surface area contributed by atoms with Gasteiger partial charge in [0.25, 0.3) is 11.6 Å². The minimum atomic E-state index is -0.496. The number of benzene rings is 1. The SMILES string of the molecule is Cc1c(C(=O)Nc2ccn3nccc3c2)cccc1[N+](=O)[O-]. The number of carbonyl (C=O) groups is 1. The molecule has 0 aliphatic heterocycles. The van der Waals surface area contributed by atoms with Crippen LogP contribution in [-0.4, -0.2) is 20.4 Å². The van der Waals surface area contributed by atoms with Crippen LogP contribution in [0.5, 0.6) is 0 Å². The van der Waals surface area contributed by atoms with E-state index >= 15 is 0 Å². The number of nitro groups is 1. The molecule has 3 rings (SSSR count). The van der Waals surface area contributed by atoms with Gasteiger partial charge in [-0.15, -0.1) is 0 Å². The molecule has 0 aliphatic rings. The molecule has 110 valence electrons. The Morgan fingerprint density at radius 2 is 2.14 bits per heavy atom. The summed E-state index contributed by atoms with van der Waals surface area (Å²) in [6.07, 6.45) is 3.39. The van der Waals surface area contributed by atoms with Gasteiger partial charge >= 0.3 is 0 Å². The molecule has 0 fully saturated rings. The highest BCUT2D eigenvalue weighted by atomic mass is 16.6. The summed E-state index contributed by atoms with van der Waals surface area (Å²) in [4.78, 5) is 22.8. The van der Waals surface area contributed by atoms with Crippen molar-refractivity contribution in [3.8, 4) is 0 Å². The lowest BCUT2D eigenvalue weighted by molar-refractivity contribution is -0.385. The number of hydrogen-bond donors (Lipinski definition) is 1. The monoisotopic (exact) mass is 296 g/mol. The molecule has 0 radical (unpaired) electrons. The fraction of sp³-hybridized carbons (Fsp3) is 0.0667. The number of nitrogens with one attached hydrogen (secondary N) is 1. The average molecular weight is 296 g/mol. The summed E-state index contributed by atoms with van der Waals surface area (Å²) in [7, 11) is 0. The van der Waals surface area contributed by atoms with Crippen molar-refractivity contribution in [2.75, 3.05) is 5.32 Å². The van der Waals surface area contributed by atoms with Crippen molar-refractivity contribution < 1.29 is 9.72 Å². The van der Waals surface area contributed by atoms with E-state index in [1.807, 2.05) is 6.07 Å². The van der Waals surface area contributed by atoms with Gasteiger partial charge in [-0.3, -0.25) is 14.9 Å². The van der Waals surface area contributed by atoms with Crippen molar-refractivity contribution in [3.05, 3.63) is 70.0 Å². The van der Waals surface area contributed by atoms with Crippen molar-refractivity contribution in [3.63, 3.8) is 0 Å². The molecule has 7 heteroatoms. The van der Waals surface area contributed by atoms with E-state index in [4.69, 9.17) is 0 Å². The zero-order chi connectivity index (χ0) is 15.7. The molecule has 7 nitrogen and oxygen atoms in total. The molecule has 1 N–H and O–H groups in total. The van der Waals surface area contributed by atoms with Crippen LogP contribution in [0.2, 0.25) is 0 Å². The Balaban J connectivity index is 1.91. The van der Waals surface area contributed by atoms with Crippen LogP contribution >= 0.6 is 0 Å². The minimum absolute atomic E-state index is 0.0705. The van der Waals surface area contributed by atoms with Crippen LogP contribution in [0.25, 0.3) is 5.52 Å². The normalized spacial score (nSPS) is 10.6. The van der Waals surface area contributed by atoms with E-state index in [1.165, 1.54) is 12.1 Å². The molecule has 2 heterocycles. The van der Waals surface area contributed by atoms with Crippen LogP contribution in [0.4, 0.5) is 11.4 Å². The van der Waals surface area contributed by atoms with E-state index in [0.29, 0.717) is 11.3 Å². The fourth-order valence-electron chi connectivity index (χ4n) is 2.27. The Kier molecular flexibility index (Phi) is 3.30. The number of anilines is 1. The smallest absolute Gasteiger partial charge is 0.273 e. The lowest BCUT2D eigenvalue weighted by atomic mass is 10.1. The van der Waals surface area contributed by atoms with Gasteiger partial charge < -0.3 is 5.32 Å². The molecule has 0 saturated carbocycles. The number of aromatic nitrogens is 2. The highest BCUT2D eigenvalue weighted by Crippen LogP contribution is 2.22. The first-order valence-corrected chi connectivity index (χ1v) is 6.55. The van der Waals surface area contributed by atoms with Gasteiger partial charge in [0.1, 0.15) is 0 Å². The van der Waals surface area contributed by atoms with Gasteiger partial charge in [0.05, 0.1) is 10.4 Å². The average Bonchev–Trinajstić information content (AvgIpc) is 2.94. The van der Waals surface area contributed by atoms with Crippen molar-refractivity contribution in [1.82, 2.24) is 9.61 Å². The molecule has 1 amide bonds. The van der Waals surface area contributed by atoms with Crippen LogP contribution in [-0.2, 0) is 0 Å². The summed E-state index contributed by atoms with van der Waals surface area (Å²) < 4.78 is 1.67. The molecule has 1 aromatic carbocycles. The largest absolute Gasteiger partial charge is 0.322 e. The van der Waals surface area contributed by atoms with Crippen LogP contribution in [0, 0.1) is 17.0 Å². The van der Waals surface area contributed by atoms with E-state index in [2.05, 4.69) is 10.4 Å². The second-order valence-electron chi connectivity index (χ2n) is 4.78. The maximum atomic E-state index is 12.3.